The molecule has 0 aliphatic carbocycles. The Hall–Kier alpha value is -2.01. The molecule has 4 nitrogen and oxygen atoms in total. The van der Waals surface area contributed by atoms with Crippen LogP contribution in [0, 0.1) is 6.92 Å². The van der Waals surface area contributed by atoms with Gasteiger partial charge in [0, 0.05) is 11.3 Å². The molecule has 0 aromatic carbocycles. The van der Waals surface area contributed by atoms with Gasteiger partial charge in [-0.25, -0.2) is 0 Å². The van der Waals surface area contributed by atoms with Gasteiger partial charge in [-0.3, -0.25) is 14.6 Å². The Kier molecular flexibility index (Phi) is 4.06. The average Bonchev–Trinajstić information content (AvgIpc) is 2.89. The van der Waals surface area contributed by atoms with Crippen molar-refractivity contribution in [1.29, 1.82) is 0 Å². The smallest absolute Gasteiger partial charge is 0.261 e. The molecule has 1 N–H and O–H groups in total. The zero-order valence-electron chi connectivity index (χ0n) is 10.8. The number of rotatable bonds is 4. The van der Waals surface area contributed by atoms with Gasteiger partial charge in [-0.05, 0) is 37.4 Å². The van der Waals surface area contributed by atoms with Crippen molar-refractivity contribution < 1.29 is 9.59 Å². The summed E-state index contributed by atoms with van der Waals surface area (Å²) < 4.78 is 0. The van der Waals surface area contributed by atoms with Crippen LogP contribution in [0.1, 0.15) is 38.3 Å². The van der Waals surface area contributed by atoms with Gasteiger partial charge in [0.1, 0.15) is 0 Å². The minimum absolute atomic E-state index is 0.000767. The quantitative estimate of drug-likeness (QED) is 0.872. The molecule has 19 heavy (non-hydrogen) atoms. The van der Waals surface area contributed by atoms with E-state index in [0.29, 0.717) is 22.7 Å². The summed E-state index contributed by atoms with van der Waals surface area (Å²) in [6.07, 6.45) is 0. The van der Waals surface area contributed by atoms with E-state index in [2.05, 4.69) is 10.3 Å². The molecular weight excluding hydrogens is 260 g/mol. The Morgan fingerprint density at radius 3 is 2.68 bits per heavy atom. The predicted molar refractivity (Wildman–Crippen MR) is 74.5 cm³/mol. The van der Waals surface area contributed by atoms with Crippen LogP contribution in [0.25, 0.3) is 0 Å². The van der Waals surface area contributed by atoms with Crippen LogP contribution >= 0.6 is 11.3 Å². The molecule has 0 spiro atoms. The fraction of sp³-hybridized carbons (Fsp3) is 0.214. The molecule has 2 aromatic rings. The van der Waals surface area contributed by atoms with E-state index in [0.717, 1.165) is 5.69 Å². The van der Waals surface area contributed by atoms with Crippen LogP contribution in [-0.2, 0) is 6.54 Å². The van der Waals surface area contributed by atoms with E-state index in [-0.39, 0.29) is 11.7 Å². The van der Waals surface area contributed by atoms with E-state index in [1.807, 2.05) is 11.4 Å². The molecule has 0 aliphatic rings. The van der Waals surface area contributed by atoms with E-state index < -0.39 is 0 Å². The lowest BCUT2D eigenvalue weighted by molar-refractivity contribution is 0.0953. The number of carbonyl (C=O) groups is 2. The van der Waals surface area contributed by atoms with Crippen molar-refractivity contribution in [2.75, 3.05) is 0 Å². The molecule has 0 saturated heterocycles. The molecule has 2 aromatic heterocycles. The topological polar surface area (TPSA) is 59.1 Å². The van der Waals surface area contributed by atoms with Crippen molar-refractivity contribution in [1.82, 2.24) is 10.3 Å². The lowest BCUT2D eigenvalue weighted by atomic mass is 10.1. The van der Waals surface area contributed by atoms with E-state index >= 15 is 0 Å². The number of thiophene rings is 1. The molecule has 98 valence electrons. The van der Waals surface area contributed by atoms with E-state index in [4.69, 9.17) is 0 Å². The van der Waals surface area contributed by atoms with Crippen LogP contribution in [0.5, 0.6) is 0 Å². The molecule has 0 bridgehead atoms. The maximum absolute atomic E-state index is 11.8. The van der Waals surface area contributed by atoms with E-state index in [1.165, 1.54) is 18.3 Å². The van der Waals surface area contributed by atoms with Gasteiger partial charge in [-0.2, -0.15) is 0 Å². The number of nitrogens with zero attached hydrogens (tertiary/aromatic N) is 1. The van der Waals surface area contributed by atoms with Crippen molar-refractivity contribution in [2.24, 2.45) is 0 Å². The van der Waals surface area contributed by atoms with Gasteiger partial charge in [-0.15, -0.1) is 11.3 Å². The maximum Gasteiger partial charge on any atom is 0.261 e. The maximum atomic E-state index is 11.8. The third-order valence-corrected chi connectivity index (χ3v) is 3.57. The van der Waals surface area contributed by atoms with Gasteiger partial charge in [0.2, 0.25) is 0 Å². The highest BCUT2D eigenvalue weighted by molar-refractivity contribution is 7.12. The van der Waals surface area contributed by atoms with Crippen molar-refractivity contribution >= 4 is 23.0 Å². The second-order valence-corrected chi connectivity index (χ2v) is 5.10. The summed E-state index contributed by atoms with van der Waals surface area (Å²) in [7, 11) is 0. The standard InChI is InChI=1S/C14H14N2O2S/c1-9-12(10(2)17)6-5-11(16-9)8-15-14(18)13-4-3-7-19-13/h3-7H,8H2,1-2H3,(H,15,18). The third-order valence-electron chi connectivity index (χ3n) is 2.70. The molecular formula is C14H14N2O2S. The molecule has 5 heteroatoms. The SMILES string of the molecule is CC(=O)c1ccc(CNC(=O)c2cccs2)nc1C. The first-order valence-corrected chi connectivity index (χ1v) is 6.75. The summed E-state index contributed by atoms with van der Waals surface area (Å²) >= 11 is 1.40. The first-order valence-electron chi connectivity index (χ1n) is 5.87. The number of carbonyl (C=O) groups excluding carboxylic acids is 2. The van der Waals surface area contributed by atoms with Crippen molar-refractivity contribution in [3.63, 3.8) is 0 Å². The molecule has 0 unspecified atom stereocenters. The Labute approximate surface area is 115 Å². The normalized spacial score (nSPS) is 10.2. The highest BCUT2D eigenvalue weighted by atomic mass is 32.1. The van der Waals surface area contributed by atoms with Crippen molar-refractivity contribution in [3.8, 4) is 0 Å². The minimum atomic E-state index is -0.106. The Morgan fingerprint density at radius 2 is 2.11 bits per heavy atom. The fourth-order valence-electron chi connectivity index (χ4n) is 1.75. The Bertz CT molecular complexity index is 606. The first kappa shape index (κ1) is 13.4. The number of Topliss-reactive ketones (excluding diaryl/α,β-unsaturated/α-hetero) is 1. The molecule has 2 rings (SSSR count). The molecule has 0 fully saturated rings. The lowest BCUT2D eigenvalue weighted by Crippen LogP contribution is -2.22. The zero-order chi connectivity index (χ0) is 13.8. The fourth-order valence-corrected chi connectivity index (χ4v) is 2.39. The highest BCUT2D eigenvalue weighted by Gasteiger charge is 2.08. The summed E-state index contributed by atoms with van der Waals surface area (Å²) in [5, 5.41) is 4.66. The van der Waals surface area contributed by atoms with Crippen LogP contribution in [0.15, 0.2) is 29.6 Å². The van der Waals surface area contributed by atoms with Gasteiger partial charge in [0.15, 0.2) is 5.78 Å². The summed E-state index contributed by atoms with van der Waals surface area (Å²) in [4.78, 5) is 28.0. The van der Waals surface area contributed by atoms with Crippen LogP contribution in [0.3, 0.4) is 0 Å². The molecule has 0 radical (unpaired) electrons. The molecule has 1 amide bonds. The van der Waals surface area contributed by atoms with Crippen molar-refractivity contribution in [2.45, 2.75) is 20.4 Å². The number of nitrogens with one attached hydrogen (secondary N) is 1. The molecule has 0 aliphatic heterocycles. The number of amides is 1. The van der Waals surface area contributed by atoms with Crippen LogP contribution in [0.4, 0.5) is 0 Å². The number of hydrogen-bond acceptors (Lipinski definition) is 4. The van der Waals surface area contributed by atoms with Gasteiger partial charge in [-0.1, -0.05) is 6.07 Å². The highest BCUT2D eigenvalue weighted by Crippen LogP contribution is 2.10. The Morgan fingerprint density at radius 1 is 1.32 bits per heavy atom. The number of pyridine rings is 1. The summed E-state index contributed by atoms with van der Waals surface area (Å²) in [5.74, 6) is -0.107. The number of aromatic nitrogens is 1. The summed E-state index contributed by atoms with van der Waals surface area (Å²) in [6, 6.07) is 7.12. The predicted octanol–water partition coefficient (Wildman–Crippen LogP) is 2.58. The Balaban J connectivity index is 2.02. The second kappa shape index (κ2) is 5.75. The molecule has 2 heterocycles. The average molecular weight is 274 g/mol. The van der Waals surface area contributed by atoms with Crippen LogP contribution in [0.2, 0.25) is 0 Å². The van der Waals surface area contributed by atoms with Crippen LogP contribution in [-0.4, -0.2) is 16.7 Å². The summed E-state index contributed by atoms with van der Waals surface area (Å²) in [6.45, 7) is 3.67. The first-order chi connectivity index (χ1) is 9.08. The lowest BCUT2D eigenvalue weighted by Gasteiger charge is -2.06. The third kappa shape index (κ3) is 3.26. The number of hydrogen-bond donors (Lipinski definition) is 1. The largest absolute Gasteiger partial charge is 0.346 e. The zero-order valence-corrected chi connectivity index (χ0v) is 11.6. The number of ketones is 1. The van der Waals surface area contributed by atoms with Gasteiger partial charge < -0.3 is 5.32 Å². The monoisotopic (exact) mass is 274 g/mol. The van der Waals surface area contributed by atoms with Crippen LogP contribution < -0.4 is 5.32 Å². The minimum Gasteiger partial charge on any atom is -0.346 e. The molecule has 0 atom stereocenters. The molecule has 0 saturated carbocycles. The van der Waals surface area contributed by atoms with Gasteiger partial charge in [0.25, 0.3) is 5.91 Å². The van der Waals surface area contributed by atoms with E-state index in [9.17, 15) is 9.59 Å². The van der Waals surface area contributed by atoms with Gasteiger partial charge >= 0.3 is 0 Å². The second-order valence-electron chi connectivity index (χ2n) is 4.15. The summed E-state index contributed by atoms with van der Waals surface area (Å²) in [5.41, 5.74) is 2.05. The van der Waals surface area contributed by atoms with Gasteiger partial charge in [0.05, 0.1) is 17.1 Å². The van der Waals surface area contributed by atoms with E-state index in [1.54, 1.807) is 25.1 Å². The number of aryl methyl sites for hydroxylation is 1. The van der Waals surface area contributed by atoms with Crippen molar-refractivity contribution in [3.05, 3.63) is 51.5 Å².